The molecular formula is C13H16ClN3O3. The minimum absolute atomic E-state index is 0.00613. The molecule has 2 unspecified atom stereocenters. The van der Waals surface area contributed by atoms with Crippen LogP contribution in [0.1, 0.15) is 24.8 Å². The number of anilines is 1. The first-order chi connectivity index (χ1) is 9.40. The lowest BCUT2D eigenvalue weighted by Crippen LogP contribution is -2.34. The number of nitro benzene ring substituents is 1. The van der Waals surface area contributed by atoms with Gasteiger partial charge < -0.3 is 11.1 Å². The second kappa shape index (κ2) is 5.76. The summed E-state index contributed by atoms with van der Waals surface area (Å²) in [6.45, 7) is 1.69. The van der Waals surface area contributed by atoms with Crippen LogP contribution in [0, 0.1) is 23.0 Å². The first-order valence-electron chi connectivity index (χ1n) is 6.41. The summed E-state index contributed by atoms with van der Waals surface area (Å²) in [4.78, 5) is 22.4. The molecule has 1 aliphatic carbocycles. The molecule has 1 aliphatic rings. The van der Waals surface area contributed by atoms with Gasteiger partial charge in [0.25, 0.3) is 5.69 Å². The van der Waals surface area contributed by atoms with Crippen molar-refractivity contribution in [2.45, 2.75) is 32.2 Å². The zero-order valence-electron chi connectivity index (χ0n) is 11.1. The highest BCUT2D eigenvalue weighted by atomic mass is 35.5. The first kappa shape index (κ1) is 14.7. The van der Waals surface area contributed by atoms with Crippen LogP contribution in [0.4, 0.5) is 11.4 Å². The van der Waals surface area contributed by atoms with E-state index in [1.54, 1.807) is 6.92 Å². The lowest BCUT2D eigenvalue weighted by Gasteiger charge is -2.16. The Morgan fingerprint density at radius 3 is 2.75 bits per heavy atom. The van der Waals surface area contributed by atoms with Crippen molar-refractivity contribution in [2.24, 2.45) is 11.7 Å². The van der Waals surface area contributed by atoms with Gasteiger partial charge in [-0.05, 0) is 31.4 Å². The van der Waals surface area contributed by atoms with Gasteiger partial charge in [-0.15, -0.1) is 0 Å². The monoisotopic (exact) mass is 297 g/mol. The number of nitrogens with zero attached hydrogens (tertiary/aromatic N) is 1. The number of aryl methyl sites for hydroxylation is 1. The van der Waals surface area contributed by atoms with Crippen molar-refractivity contribution in [1.29, 1.82) is 0 Å². The number of rotatable bonds is 3. The average Bonchev–Trinajstić information content (AvgIpc) is 2.79. The van der Waals surface area contributed by atoms with E-state index in [0.29, 0.717) is 11.3 Å². The molecular weight excluding hydrogens is 282 g/mol. The normalized spacial score (nSPS) is 21.8. The molecule has 6 nitrogen and oxygen atoms in total. The van der Waals surface area contributed by atoms with E-state index >= 15 is 0 Å². The molecule has 0 bridgehead atoms. The Hall–Kier alpha value is -1.66. The number of benzene rings is 1. The molecule has 0 aromatic heterocycles. The highest BCUT2D eigenvalue weighted by Crippen LogP contribution is 2.32. The lowest BCUT2D eigenvalue weighted by molar-refractivity contribution is -0.384. The number of carbonyl (C=O) groups excluding carboxylic acids is 1. The van der Waals surface area contributed by atoms with Crippen LogP contribution in [0.5, 0.6) is 0 Å². The number of hydrogen-bond donors (Lipinski definition) is 2. The van der Waals surface area contributed by atoms with Crippen LogP contribution in [0.3, 0.4) is 0 Å². The summed E-state index contributed by atoms with van der Waals surface area (Å²) in [5.74, 6) is -0.355. The molecule has 0 spiro atoms. The first-order valence-corrected chi connectivity index (χ1v) is 6.79. The predicted octanol–water partition coefficient (Wildman–Crippen LogP) is 2.62. The molecule has 0 radical (unpaired) electrons. The highest BCUT2D eigenvalue weighted by molar-refractivity contribution is 6.33. The lowest BCUT2D eigenvalue weighted by atomic mass is 10.0. The van der Waals surface area contributed by atoms with E-state index in [4.69, 9.17) is 17.3 Å². The standard InChI is InChI=1S/C13H16ClN3O3/c1-7-5-12(17(19)20)9(14)6-11(7)16-13(18)8-3-2-4-10(8)15/h5-6,8,10H,2-4,15H2,1H3,(H,16,18). The number of halogens is 1. The van der Waals surface area contributed by atoms with E-state index in [9.17, 15) is 14.9 Å². The Kier molecular flexibility index (Phi) is 4.25. The van der Waals surface area contributed by atoms with E-state index < -0.39 is 4.92 Å². The van der Waals surface area contributed by atoms with Gasteiger partial charge in [-0.3, -0.25) is 14.9 Å². The highest BCUT2D eigenvalue weighted by Gasteiger charge is 2.30. The third-order valence-corrected chi connectivity index (χ3v) is 3.96. The molecule has 0 saturated heterocycles. The maximum Gasteiger partial charge on any atom is 0.288 e. The molecule has 1 fully saturated rings. The van der Waals surface area contributed by atoms with Gasteiger partial charge in [0.2, 0.25) is 5.91 Å². The van der Waals surface area contributed by atoms with Crippen LogP contribution in [-0.2, 0) is 4.79 Å². The van der Waals surface area contributed by atoms with Crippen molar-refractivity contribution in [3.63, 3.8) is 0 Å². The molecule has 1 aromatic rings. The minimum Gasteiger partial charge on any atom is -0.327 e. The van der Waals surface area contributed by atoms with Crippen LogP contribution in [-0.4, -0.2) is 16.9 Å². The number of amides is 1. The van der Waals surface area contributed by atoms with Gasteiger partial charge in [0.1, 0.15) is 5.02 Å². The fourth-order valence-electron chi connectivity index (χ4n) is 2.48. The Labute approximate surface area is 121 Å². The molecule has 108 valence electrons. The van der Waals surface area contributed by atoms with E-state index in [-0.39, 0.29) is 28.6 Å². The van der Waals surface area contributed by atoms with E-state index in [1.165, 1.54) is 12.1 Å². The maximum absolute atomic E-state index is 12.1. The van der Waals surface area contributed by atoms with Gasteiger partial charge in [-0.25, -0.2) is 0 Å². The summed E-state index contributed by atoms with van der Waals surface area (Å²) in [7, 11) is 0. The van der Waals surface area contributed by atoms with Crippen molar-refractivity contribution in [3.8, 4) is 0 Å². The van der Waals surface area contributed by atoms with Crippen molar-refractivity contribution in [1.82, 2.24) is 0 Å². The summed E-state index contributed by atoms with van der Waals surface area (Å²) in [6, 6.07) is 2.64. The zero-order chi connectivity index (χ0) is 14.9. The van der Waals surface area contributed by atoms with Gasteiger partial charge in [0.05, 0.1) is 10.8 Å². The van der Waals surface area contributed by atoms with Crippen LogP contribution >= 0.6 is 11.6 Å². The van der Waals surface area contributed by atoms with Gasteiger partial charge in [-0.2, -0.15) is 0 Å². The smallest absolute Gasteiger partial charge is 0.288 e. The van der Waals surface area contributed by atoms with Crippen LogP contribution in [0.25, 0.3) is 0 Å². The van der Waals surface area contributed by atoms with E-state index in [2.05, 4.69) is 5.32 Å². The Bertz CT molecular complexity index is 562. The number of nitrogens with two attached hydrogens (primary N) is 1. The molecule has 20 heavy (non-hydrogen) atoms. The summed E-state index contributed by atoms with van der Waals surface area (Å²) < 4.78 is 0. The molecule has 2 rings (SSSR count). The average molecular weight is 298 g/mol. The van der Waals surface area contributed by atoms with Gasteiger partial charge >= 0.3 is 0 Å². The Balaban J connectivity index is 2.19. The fourth-order valence-corrected chi connectivity index (χ4v) is 2.71. The largest absolute Gasteiger partial charge is 0.327 e. The Morgan fingerprint density at radius 1 is 1.50 bits per heavy atom. The summed E-state index contributed by atoms with van der Waals surface area (Å²) in [5, 5.41) is 13.5. The van der Waals surface area contributed by atoms with Crippen LogP contribution < -0.4 is 11.1 Å². The molecule has 0 heterocycles. The second-order valence-electron chi connectivity index (χ2n) is 5.07. The molecule has 1 aromatic carbocycles. The number of carbonyl (C=O) groups is 1. The fraction of sp³-hybridized carbons (Fsp3) is 0.462. The van der Waals surface area contributed by atoms with E-state index in [0.717, 1.165) is 19.3 Å². The topological polar surface area (TPSA) is 98.3 Å². The van der Waals surface area contributed by atoms with Gasteiger partial charge in [0.15, 0.2) is 0 Å². The summed E-state index contributed by atoms with van der Waals surface area (Å²) in [6.07, 6.45) is 2.56. The van der Waals surface area contributed by atoms with Crippen molar-refractivity contribution >= 4 is 28.9 Å². The SMILES string of the molecule is Cc1cc([N+](=O)[O-])c(Cl)cc1NC(=O)C1CCCC1N. The molecule has 7 heteroatoms. The minimum atomic E-state index is -0.548. The molecule has 2 atom stereocenters. The van der Waals surface area contributed by atoms with Crippen LogP contribution in [0.15, 0.2) is 12.1 Å². The van der Waals surface area contributed by atoms with Crippen molar-refractivity contribution < 1.29 is 9.72 Å². The quantitative estimate of drug-likeness (QED) is 0.662. The van der Waals surface area contributed by atoms with Gasteiger partial charge in [-0.1, -0.05) is 18.0 Å². The van der Waals surface area contributed by atoms with Crippen molar-refractivity contribution in [2.75, 3.05) is 5.32 Å². The third-order valence-electron chi connectivity index (χ3n) is 3.65. The molecule has 1 saturated carbocycles. The van der Waals surface area contributed by atoms with Gasteiger partial charge in [0, 0.05) is 17.8 Å². The molecule has 0 aliphatic heterocycles. The van der Waals surface area contributed by atoms with Crippen molar-refractivity contribution in [3.05, 3.63) is 32.8 Å². The number of hydrogen-bond acceptors (Lipinski definition) is 4. The van der Waals surface area contributed by atoms with E-state index in [1.807, 2.05) is 0 Å². The summed E-state index contributed by atoms with van der Waals surface area (Å²) in [5.41, 5.74) is 6.81. The second-order valence-corrected chi connectivity index (χ2v) is 5.47. The number of nitro groups is 1. The zero-order valence-corrected chi connectivity index (χ0v) is 11.8. The maximum atomic E-state index is 12.1. The number of nitrogens with one attached hydrogen (secondary N) is 1. The predicted molar refractivity (Wildman–Crippen MR) is 76.8 cm³/mol. The van der Waals surface area contributed by atoms with Crippen LogP contribution in [0.2, 0.25) is 5.02 Å². The molecule has 1 amide bonds. The third kappa shape index (κ3) is 2.91. The Morgan fingerprint density at radius 2 is 2.20 bits per heavy atom. The summed E-state index contributed by atoms with van der Waals surface area (Å²) >= 11 is 5.85. The molecule has 3 N–H and O–H groups in total.